The predicted octanol–water partition coefficient (Wildman–Crippen LogP) is 1.68. The molecule has 1 aromatic heterocycles. The van der Waals surface area contributed by atoms with Gasteiger partial charge in [0, 0.05) is 18.7 Å². The van der Waals surface area contributed by atoms with Gasteiger partial charge in [0.25, 0.3) is 0 Å². The lowest BCUT2D eigenvalue weighted by Gasteiger charge is -2.14. The highest BCUT2D eigenvalue weighted by Crippen LogP contribution is 2.19. The normalized spacial score (nSPS) is 13.4. The quantitative estimate of drug-likeness (QED) is 0.859. The summed E-state index contributed by atoms with van der Waals surface area (Å²) in [5, 5.41) is 4.91. The van der Waals surface area contributed by atoms with Crippen molar-refractivity contribution in [1.29, 1.82) is 0 Å². The van der Waals surface area contributed by atoms with Crippen LogP contribution in [0.2, 0.25) is 5.15 Å². The average molecular weight is 246 g/mol. The first-order chi connectivity index (χ1) is 7.41. The minimum Gasteiger partial charge on any atom is -0.377 e. The second-order valence-corrected chi connectivity index (χ2v) is 4.68. The van der Waals surface area contributed by atoms with Crippen molar-refractivity contribution < 1.29 is 4.74 Å². The first-order valence-corrected chi connectivity index (χ1v) is 5.84. The number of halogens is 1. The van der Waals surface area contributed by atoms with Crippen LogP contribution in [0.15, 0.2) is 0 Å². The van der Waals surface area contributed by atoms with E-state index >= 15 is 0 Å². The summed E-state index contributed by atoms with van der Waals surface area (Å²) in [4.78, 5) is 0. The molecule has 1 rings (SSSR count). The molecule has 0 aliphatic heterocycles. The van der Waals surface area contributed by atoms with Crippen LogP contribution in [0, 0.1) is 6.92 Å². The number of aryl methyl sites for hydroxylation is 2. The lowest BCUT2D eigenvalue weighted by molar-refractivity contribution is 0.0684. The number of aromatic nitrogens is 2. The van der Waals surface area contributed by atoms with Crippen LogP contribution in [0.1, 0.15) is 25.1 Å². The zero-order valence-electron chi connectivity index (χ0n) is 10.3. The van der Waals surface area contributed by atoms with Gasteiger partial charge in [-0.15, -0.1) is 0 Å². The van der Waals surface area contributed by atoms with Crippen LogP contribution in [0.4, 0.5) is 0 Å². The Morgan fingerprint density at radius 3 is 2.56 bits per heavy atom. The average Bonchev–Trinajstić information content (AvgIpc) is 2.42. The van der Waals surface area contributed by atoms with Gasteiger partial charge in [-0.25, -0.2) is 0 Å². The van der Waals surface area contributed by atoms with Crippen LogP contribution in [0.25, 0.3) is 0 Å². The molecule has 4 nitrogen and oxygen atoms in total. The summed E-state index contributed by atoms with van der Waals surface area (Å²) in [5.74, 6) is 0. The fourth-order valence-corrected chi connectivity index (χ4v) is 1.79. The van der Waals surface area contributed by atoms with Gasteiger partial charge in [-0.3, -0.25) is 4.68 Å². The van der Waals surface area contributed by atoms with Gasteiger partial charge in [-0.05, 0) is 27.2 Å². The second kappa shape index (κ2) is 5.66. The van der Waals surface area contributed by atoms with E-state index in [1.165, 1.54) is 0 Å². The van der Waals surface area contributed by atoms with Gasteiger partial charge in [0.15, 0.2) is 0 Å². The van der Waals surface area contributed by atoms with Crippen molar-refractivity contribution in [3.8, 4) is 0 Å². The molecule has 92 valence electrons. The van der Waals surface area contributed by atoms with Crippen molar-refractivity contribution >= 4 is 11.6 Å². The fraction of sp³-hybridized carbons (Fsp3) is 0.727. The molecular weight excluding hydrogens is 226 g/mol. The van der Waals surface area contributed by atoms with Gasteiger partial charge in [-0.2, -0.15) is 5.10 Å². The molecule has 0 aliphatic rings. The molecule has 2 N–H and O–H groups in total. The zero-order valence-corrected chi connectivity index (χ0v) is 11.1. The van der Waals surface area contributed by atoms with Crippen LogP contribution < -0.4 is 5.73 Å². The number of nitrogens with zero attached hydrogens (tertiary/aromatic N) is 2. The molecule has 1 heterocycles. The number of nitrogens with two attached hydrogens (primary N) is 1. The SMILES string of the molecule is Cc1nn(C)c(Cl)c1CC(N)COC(C)C. The standard InChI is InChI=1S/C11H20ClN3O/c1-7(2)16-6-9(13)5-10-8(3)14-15(4)11(10)12/h7,9H,5-6,13H2,1-4H3. The molecule has 0 saturated heterocycles. The van der Waals surface area contributed by atoms with E-state index in [4.69, 9.17) is 22.1 Å². The van der Waals surface area contributed by atoms with Crippen molar-refractivity contribution in [3.63, 3.8) is 0 Å². The van der Waals surface area contributed by atoms with Crippen molar-refractivity contribution in [2.75, 3.05) is 6.61 Å². The van der Waals surface area contributed by atoms with Crippen molar-refractivity contribution in [1.82, 2.24) is 9.78 Å². The maximum absolute atomic E-state index is 6.12. The fourth-order valence-electron chi connectivity index (χ4n) is 1.54. The largest absolute Gasteiger partial charge is 0.377 e. The summed E-state index contributed by atoms with van der Waals surface area (Å²) < 4.78 is 7.14. The number of rotatable bonds is 5. The van der Waals surface area contributed by atoms with E-state index < -0.39 is 0 Å². The zero-order chi connectivity index (χ0) is 12.3. The minimum atomic E-state index is -0.0391. The highest BCUT2D eigenvalue weighted by Gasteiger charge is 2.15. The lowest BCUT2D eigenvalue weighted by atomic mass is 10.1. The summed E-state index contributed by atoms with van der Waals surface area (Å²) in [5.41, 5.74) is 7.94. The van der Waals surface area contributed by atoms with Gasteiger partial charge in [0.1, 0.15) is 5.15 Å². The molecule has 0 saturated carbocycles. The molecule has 0 aliphatic carbocycles. The van der Waals surface area contributed by atoms with Gasteiger partial charge in [-0.1, -0.05) is 11.6 Å². The Kier molecular flexibility index (Phi) is 4.77. The maximum atomic E-state index is 6.12. The van der Waals surface area contributed by atoms with E-state index in [1.807, 2.05) is 27.8 Å². The highest BCUT2D eigenvalue weighted by molar-refractivity contribution is 6.30. The lowest BCUT2D eigenvalue weighted by Crippen LogP contribution is -2.30. The van der Waals surface area contributed by atoms with Crippen molar-refractivity contribution in [3.05, 3.63) is 16.4 Å². The summed E-state index contributed by atoms with van der Waals surface area (Å²) in [6.45, 7) is 6.48. The summed E-state index contributed by atoms with van der Waals surface area (Å²) in [7, 11) is 1.83. The van der Waals surface area contributed by atoms with Gasteiger partial charge < -0.3 is 10.5 Å². The highest BCUT2D eigenvalue weighted by atomic mass is 35.5. The Balaban J connectivity index is 2.59. The molecule has 0 radical (unpaired) electrons. The summed E-state index contributed by atoms with van der Waals surface area (Å²) in [6, 6.07) is -0.0391. The van der Waals surface area contributed by atoms with E-state index in [0.717, 1.165) is 11.3 Å². The van der Waals surface area contributed by atoms with E-state index in [2.05, 4.69) is 5.10 Å². The molecule has 0 aromatic carbocycles. The van der Waals surface area contributed by atoms with Gasteiger partial charge >= 0.3 is 0 Å². The van der Waals surface area contributed by atoms with Crippen LogP contribution in [-0.2, 0) is 18.2 Å². The number of hydrogen-bond donors (Lipinski definition) is 1. The first kappa shape index (κ1) is 13.5. The molecule has 0 amide bonds. The van der Waals surface area contributed by atoms with Crippen LogP contribution in [-0.4, -0.2) is 28.5 Å². The molecule has 1 aromatic rings. The van der Waals surface area contributed by atoms with Crippen molar-refractivity contribution in [2.24, 2.45) is 12.8 Å². The van der Waals surface area contributed by atoms with Crippen LogP contribution >= 0.6 is 11.6 Å². The van der Waals surface area contributed by atoms with E-state index in [9.17, 15) is 0 Å². The second-order valence-electron chi connectivity index (χ2n) is 4.32. The number of hydrogen-bond acceptors (Lipinski definition) is 3. The van der Waals surface area contributed by atoms with E-state index in [1.54, 1.807) is 4.68 Å². The third-order valence-electron chi connectivity index (χ3n) is 2.38. The monoisotopic (exact) mass is 245 g/mol. The van der Waals surface area contributed by atoms with Crippen molar-refractivity contribution in [2.45, 2.75) is 39.3 Å². The molecule has 0 spiro atoms. The smallest absolute Gasteiger partial charge is 0.130 e. The molecular formula is C11H20ClN3O. The maximum Gasteiger partial charge on any atom is 0.130 e. The Morgan fingerprint density at radius 1 is 1.50 bits per heavy atom. The predicted molar refractivity (Wildman–Crippen MR) is 65.7 cm³/mol. The van der Waals surface area contributed by atoms with Crippen LogP contribution in [0.3, 0.4) is 0 Å². The first-order valence-electron chi connectivity index (χ1n) is 5.47. The molecule has 1 unspecified atom stereocenters. The molecule has 5 heteroatoms. The molecule has 0 bridgehead atoms. The van der Waals surface area contributed by atoms with E-state index in [0.29, 0.717) is 18.2 Å². The van der Waals surface area contributed by atoms with E-state index in [-0.39, 0.29) is 12.1 Å². The third kappa shape index (κ3) is 3.47. The topological polar surface area (TPSA) is 53.1 Å². The minimum absolute atomic E-state index is 0.0391. The molecule has 1 atom stereocenters. The number of ether oxygens (including phenoxy) is 1. The Morgan fingerprint density at radius 2 is 2.12 bits per heavy atom. The molecule has 16 heavy (non-hydrogen) atoms. The third-order valence-corrected chi connectivity index (χ3v) is 2.85. The molecule has 0 fully saturated rings. The Labute approximate surface area is 102 Å². The van der Waals surface area contributed by atoms with Gasteiger partial charge in [0.2, 0.25) is 0 Å². The van der Waals surface area contributed by atoms with Gasteiger partial charge in [0.05, 0.1) is 18.4 Å². The summed E-state index contributed by atoms with van der Waals surface area (Å²) in [6.07, 6.45) is 0.905. The van der Waals surface area contributed by atoms with Crippen LogP contribution in [0.5, 0.6) is 0 Å². The Hall–Kier alpha value is -0.580. The Bertz CT molecular complexity index is 349. The summed E-state index contributed by atoms with van der Waals surface area (Å²) >= 11 is 6.12.